The number of halogens is 1. The summed E-state index contributed by atoms with van der Waals surface area (Å²) in [7, 11) is 4.10. The highest BCUT2D eigenvalue weighted by atomic mass is 35.5. The van der Waals surface area contributed by atoms with Gasteiger partial charge >= 0.3 is 0 Å². The minimum Gasteiger partial charge on any atom is -0.393 e. The van der Waals surface area contributed by atoms with Crippen molar-refractivity contribution in [3.63, 3.8) is 0 Å². The minimum atomic E-state index is -0.0117. The zero-order valence-corrected chi connectivity index (χ0v) is 6.69. The molecule has 56 valence electrons. The Bertz CT molecular complexity index is 81.1. The van der Waals surface area contributed by atoms with Crippen molar-refractivity contribution >= 4 is 12.4 Å². The Morgan fingerprint density at radius 1 is 1.33 bits per heavy atom. The molecule has 2 nitrogen and oxygen atoms in total. The first-order valence-corrected chi connectivity index (χ1v) is 3.04. The van der Waals surface area contributed by atoms with Crippen LogP contribution in [-0.4, -0.2) is 36.2 Å². The van der Waals surface area contributed by atoms with Gasteiger partial charge in [-0.3, -0.25) is 0 Å². The van der Waals surface area contributed by atoms with Crippen LogP contribution in [0.25, 0.3) is 0 Å². The van der Waals surface area contributed by atoms with E-state index in [0.717, 1.165) is 12.8 Å². The lowest BCUT2D eigenvalue weighted by atomic mass is 9.89. The average molecular weight is 152 g/mol. The first-order chi connectivity index (χ1) is 3.70. The van der Waals surface area contributed by atoms with Crippen LogP contribution in [0.4, 0.5) is 0 Å². The van der Waals surface area contributed by atoms with E-state index in [2.05, 4.69) is 19.0 Å². The summed E-state index contributed by atoms with van der Waals surface area (Å²) in [5.74, 6) is 0. The molecule has 1 fully saturated rings. The summed E-state index contributed by atoms with van der Waals surface area (Å²) in [6.07, 6.45) is 1.92. The van der Waals surface area contributed by atoms with Crippen molar-refractivity contribution in [2.24, 2.45) is 0 Å². The Morgan fingerprint density at radius 3 is 1.89 bits per heavy atom. The normalized spacial score (nSPS) is 33.3. The summed E-state index contributed by atoms with van der Waals surface area (Å²) in [6.45, 7) is 0. The van der Waals surface area contributed by atoms with Gasteiger partial charge < -0.3 is 10.0 Å². The molecule has 1 saturated carbocycles. The largest absolute Gasteiger partial charge is 0.393 e. The van der Waals surface area contributed by atoms with Crippen LogP contribution in [0.1, 0.15) is 12.8 Å². The third-order valence-corrected chi connectivity index (χ3v) is 1.82. The fourth-order valence-electron chi connectivity index (χ4n) is 0.981. The first-order valence-electron chi connectivity index (χ1n) is 3.04. The van der Waals surface area contributed by atoms with Gasteiger partial charge in [-0.05, 0) is 26.9 Å². The molecular weight excluding hydrogens is 138 g/mol. The van der Waals surface area contributed by atoms with Crippen molar-refractivity contribution in [3.05, 3.63) is 0 Å². The lowest BCUT2D eigenvalue weighted by Gasteiger charge is -2.36. The monoisotopic (exact) mass is 151 g/mol. The predicted molar refractivity (Wildman–Crippen MR) is 40.0 cm³/mol. The molecule has 0 atom stereocenters. The van der Waals surface area contributed by atoms with Crippen LogP contribution in [0.5, 0.6) is 0 Å². The molecule has 0 aromatic rings. The number of nitrogens with zero attached hydrogens (tertiary/aromatic N) is 1. The second-order valence-electron chi connectivity index (χ2n) is 2.74. The molecule has 9 heavy (non-hydrogen) atoms. The van der Waals surface area contributed by atoms with Crippen molar-refractivity contribution in [1.82, 2.24) is 4.90 Å². The standard InChI is InChI=1S/C6H13NO.ClH/c1-7(2)5-3-6(8)4-5;/h5-6,8H,3-4H2,1-2H3;1H. The van der Waals surface area contributed by atoms with E-state index in [1.165, 1.54) is 0 Å². The maximum atomic E-state index is 8.84. The van der Waals surface area contributed by atoms with Gasteiger partial charge in [0.1, 0.15) is 0 Å². The molecule has 0 spiro atoms. The maximum Gasteiger partial charge on any atom is 0.0570 e. The Balaban J connectivity index is 0.000000640. The highest BCUT2D eigenvalue weighted by molar-refractivity contribution is 5.85. The quantitative estimate of drug-likeness (QED) is 0.590. The summed E-state index contributed by atoms with van der Waals surface area (Å²) in [5.41, 5.74) is 0. The van der Waals surface area contributed by atoms with E-state index in [1.807, 2.05) is 0 Å². The zero-order chi connectivity index (χ0) is 6.15. The SMILES string of the molecule is CN(C)C1CC(O)C1.Cl. The summed E-state index contributed by atoms with van der Waals surface area (Å²) in [5, 5.41) is 8.84. The van der Waals surface area contributed by atoms with Gasteiger partial charge in [0.2, 0.25) is 0 Å². The van der Waals surface area contributed by atoms with E-state index < -0.39 is 0 Å². The molecule has 3 heteroatoms. The third kappa shape index (κ3) is 2.12. The highest BCUT2D eigenvalue weighted by Gasteiger charge is 2.28. The van der Waals surface area contributed by atoms with E-state index in [0.29, 0.717) is 6.04 Å². The summed E-state index contributed by atoms with van der Waals surface area (Å²) < 4.78 is 0. The number of aliphatic hydroxyl groups excluding tert-OH is 1. The van der Waals surface area contributed by atoms with Gasteiger partial charge in [0, 0.05) is 6.04 Å². The molecule has 0 aromatic heterocycles. The Kier molecular flexibility index (Phi) is 3.48. The first kappa shape index (κ1) is 9.21. The summed E-state index contributed by atoms with van der Waals surface area (Å²) in [6, 6.07) is 0.644. The van der Waals surface area contributed by atoms with Crippen molar-refractivity contribution in [2.45, 2.75) is 25.0 Å². The van der Waals surface area contributed by atoms with Crippen LogP contribution in [-0.2, 0) is 0 Å². The number of hydrogen-bond donors (Lipinski definition) is 1. The van der Waals surface area contributed by atoms with Gasteiger partial charge in [0.15, 0.2) is 0 Å². The lowest BCUT2D eigenvalue weighted by Crippen LogP contribution is -2.43. The third-order valence-electron chi connectivity index (χ3n) is 1.82. The molecule has 1 rings (SSSR count). The summed E-state index contributed by atoms with van der Waals surface area (Å²) >= 11 is 0. The molecule has 0 unspecified atom stereocenters. The maximum absolute atomic E-state index is 8.84. The topological polar surface area (TPSA) is 23.5 Å². The van der Waals surface area contributed by atoms with Crippen molar-refractivity contribution in [2.75, 3.05) is 14.1 Å². The number of rotatable bonds is 1. The smallest absolute Gasteiger partial charge is 0.0570 e. The Labute approximate surface area is 62.3 Å². The molecule has 0 bridgehead atoms. The van der Waals surface area contributed by atoms with Crippen LogP contribution in [0, 0.1) is 0 Å². The second kappa shape index (κ2) is 3.40. The fourth-order valence-corrected chi connectivity index (χ4v) is 0.981. The van der Waals surface area contributed by atoms with Crippen LogP contribution in [0.2, 0.25) is 0 Å². The molecule has 0 heterocycles. The lowest BCUT2D eigenvalue weighted by molar-refractivity contribution is 0.0219. The van der Waals surface area contributed by atoms with E-state index in [-0.39, 0.29) is 18.5 Å². The van der Waals surface area contributed by atoms with E-state index in [9.17, 15) is 0 Å². The molecule has 0 amide bonds. The van der Waals surface area contributed by atoms with Crippen molar-refractivity contribution < 1.29 is 5.11 Å². The summed E-state index contributed by atoms with van der Waals surface area (Å²) in [4.78, 5) is 2.16. The van der Waals surface area contributed by atoms with Gasteiger partial charge in [-0.2, -0.15) is 0 Å². The molecule has 0 aromatic carbocycles. The molecule has 0 saturated heterocycles. The van der Waals surface area contributed by atoms with Gasteiger partial charge in [-0.25, -0.2) is 0 Å². The van der Waals surface area contributed by atoms with Gasteiger partial charge in [0.05, 0.1) is 6.10 Å². The second-order valence-corrected chi connectivity index (χ2v) is 2.74. The Morgan fingerprint density at radius 2 is 1.78 bits per heavy atom. The van der Waals surface area contributed by atoms with E-state index >= 15 is 0 Å². The molecular formula is C6H14ClNO. The van der Waals surface area contributed by atoms with Crippen molar-refractivity contribution in [3.8, 4) is 0 Å². The van der Waals surface area contributed by atoms with Crippen molar-refractivity contribution in [1.29, 1.82) is 0 Å². The Hall–Kier alpha value is 0.210. The average Bonchev–Trinajstić information content (AvgIpc) is 1.57. The van der Waals surface area contributed by atoms with Crippen LogP contribution in [0.3, 0.4) is 0 Å². The zero-order valence-electron chi connectivity index (χ0n) is 5.87. The van der Waals surface area contributed by atoms with E-state index in [4.69, 9.17) is 5.11 Å². The van der Waals surface area contributed by atoms with Gasteiger partial charge in [-0.15, -0.1) is 12.4 Å². The van der Waals surface area contributed by atoms with Crippen LogP contribution in [0.15, 0.2) is 0 Å². The molecule has 0 radical (unpaired) electrons. The number of aliphatic hydroxyl groups is 1. The molecule has 1 aliphatic carbocycles. The molecule has 1 N–H and O–H groups in total. The van der Waals surface area contributed by atoms with E-state index in [1.54, 1.807) is 0 Å². The molecule has 1 aliphatic rings. The van der Waals surface area contributed by atoms with Gasteiger partial charge in [0.25, 0.3) is 0 Å². The van der Waals surface area contributed by atoms with Crippen LogP contribution >= 0.6 is 12.4 Å². The fraction of sp³-hybridized carbons (Fsp3) is 1.00. The highest BCUT2D eigenvalue weighted by Crippen LogP contribution is 2.22. The van der Waals surface area contributed by atoms with Gasteiger partial charge in [-0.1, -0.05) is 0 Å². The number of hydrogen-bond acceptors (Lipinski definition) is 2. The molecule has 0 aliphatic heterocycles. The minimum absolute atomic E-state index is 0. The van der Waals surface area contributed by atoms with Crippen LogP contribution < -0.4 is 0 Å². The predicted octanol–water partition coefficient (Wildman–Crippen LogP) is 0.493.